The summed E-state index contributed by atoms with van der Waals surface area (Å²) in [5.74, 6) is -0.357. The lowest BCUT2D eigenvalue weighted by atomic mass is 10.2. The second-order valence-corrected chi connectivity index (χ2v) is 8.65. The normalized spacial score (nSPS) is 11.4. The zero-order chi connectivity index (χ0) is 20.6. The number of hydrogen-bond acceptors (Lipinski definition) is 4. The number of carbonyl (C=O) groups is 1. The van der Waals surface area contributed by atoms with E-state index in [4.69, 9.17) is 4.74 Å². The predicted molar refractivity (Wildman–Crippen MR) is 111 cm³/mol. The summed E-state index contributed by atoms with van der Waals surface area (Å²) in [4.78, 5) is 12.6. The molecule has 0 fully saturated rings. The van der Waals surface area contributed by atoms with Gasteiger partial charge < -0.3 is 10.1 Å². The molecule has 0 radical (unpaired) electrons. The molecule has 0 aromatic heterocycles. The number of para-hydroxylation sites is 1. The monoisotopic (exact) mass is 404 g/mol. The van der Waals surface area contributed by atoms with Gasteiger partial charge in [0, 0.05) is 13.2 Å². The van der Waals surface area contributed by atoms with Crippen molar-refractivity contribution in [3.63, 3.8) is 0 Å². The van der Waals surface area contributed by atoms with Gasteiger partial charge in [0.2, 0.25) is 5.91 Å². The molecule has 0 heterocycles. The molecule has 0 saturated heterocycles. The minimum Gasteiger partial charge on any atom is -0.379 e. The lowest BCUT2D eigenvalue weighted by molar-refractivity contribution is -0.119. The maximum absolute atomic E-state index is 13.2. The maximum Gasteiger partial charge on any atom is 0.264 e. The summed E-state index contributed by atoms with van der Waals surface area (Å²) in [5, 5.41) is 2.76. The van der Waals surface area contributed by atoms with Gasteiger partial charge in [0.1, 0.15) is 6.54 Å². The lowest BCUT2D eigenvalue weighted by Gasteiger charge is -2.24. The SMILES string of the molecule is Cc1ccc(S(=O)(=O)N(CC(=O)NCCCOC(C)C)c2ccccc2)cc1. The molecule has 0 aliphatic rings. The van der Waals surface area contributed by atoms with Crippen LogP contribution in [0.2, 0.25) is 0 Å². The number of hydrogen-bond donors (Lipinski definition) is 1. The Morgan fingerprint density at radius 2 is 1.71 bits per heavy atom. The van der Waals surface area contributed by atoms with E-state index in [-0.39, 0.29) is 23.5 Å². The van der Waals surface area contributed by atoms with Crippen LogP contribution >= 0.6 is 0 Å². The van der Waals surface area contributed by atoms with Gasteiger partial charge in [-0.1, -0.05) is 35.9 Å². The third-order valence-electron chi connectivity index (χ3n) is 4.03. The van der Waals surface area contributed by atoms with E-state index in [0.717, 1.165) is 9.87 Å². The average molecular weight is 405 g/mol. The maximum atomic E-state index is 13.2. The number of anilines is 1. The number of ether oxygens (including phenoxy) is 1. The predicted octanol–water partition coefficient (Wildman–Crippen LogP) is 3.12. The molecule has 0 spiro atoms. The molecule has 152 valence electrons. The summed E-state index contributed by atoms with van der Waals surface area (Å²) in [6.45, 7) is 6.48. The van der Waals surface area contributed by atoms with Gasteiger partial charge in [-0.05, 0) is 51.5 Å². The van der Waals surface area contributed by atoms with E-state index >= 15 is 0 Å². The molecule has 0 saturated carbocycles. The highest BCUT2D eigenvalue weighted by Crippen LogP contribution is 2.23. The molecule has 0 aliphatic heterocycles. The van der Waals surface area contributed by atoms with E-state index in [0.29, 0.717) is 25.3 Å². The number of aryl methyl sites for hydroxylation is 1. The van der Waals surface area contributed by atoms with Gasteiger partial charge in [-0.3, -0.25) is 9.10 Å². The minimum absolute atomic E-state index is 0.143. The summed E-state index contributed by atoms with van der Waals surface area (Å²) in [5.41, 5.74) is 1.41. The molecular weight excluding hydrogens is 376 g/mol. The van der Waals surface area contributed by atoms with Gasteiger partial charge >= 0.3 is 0 Å². The molecule has 1 amide bonds. The first-order valence-electron chi connectivity index (χ1n) is 9.33. The van der Waals surface area contributed by atoms with Crippen molar-refractivity contribution in [3.05, 3.63) is 60.2 Å². The van der Waals surface area contributed by atoms with E-state index in [1.807, 2.05) is 20.8 Å². The van der Waals surface area contributed by atoms with Gasteiger partial charge in [0.25, 0.3) is 10.0 Å². The van der Waals surface area contributed by atoms with Crippen molar-refractivity contribution in [3.8, 4) is 0 Å². The number of carbonyl (C=O) groups excluding carboxylic acids is 1. The van der Waals surface area contributed by atoms with E-state index in [1.54, 1.807) is 54.6 Å². The Morgan fingerprint density at radius 1 is 1.07 bits per heavy atom. The lowest BCUT2D eigenvalue weighted by Crippen LogP contribution is -2.41. The molecular formula is C21H28N2O4S. The first-order chi connectivity index (χ1) is 13.3. The fourth-order valence-electron chi connectivity index (χ4n) is 2.55. The number of amides is 1. The molecule has 0 bridgehead atoms. The van der Waals surface area contributed by atoms with Crippen LogP contribution in [-0.2, 0) is 19.6 Å². The average Bonchev–Trinajstić information content (AvgIpc) is 2.66. The van der Waals surface area contributed by atoms with E-state index < -0.39 is 10.0 Å². The fourth-order valence-corrected chi connectivity index (χ4v) is 3.97. The summed E-state index contributed by atoms with van der Waals surface area (Å²) < 4.78 is 32.9. The summed E-state index contributed by atoms with van der Waals surface area (Å²) in [6, 6.07) is 15.2. The number of sulfonamides is 1. The van der Waals surface area contributed by atoms with E-state index in [2.05, 4.69) is 5.32 Å². The molecule has 2 aromatic rings. The largest absolute Gasteiger partial charge is 0.379 e. The number of nitrogens with one attached hydrogen (secondary N) is 1. The standard InChI is InChI=1S/C21H28N2O4S/c1-17(2)27-15-7-14-22-21(24)16-23(19-8-5-4-6-9-19)28(25,26)20-12-10-18(3)11-13-20/h4-6,8-13,17H,7,14-16H2,1-3H3,(H,22,24). The summed E-state index contributed by atoms with van der Waals surface area (Å²) in [6.07, 6.45) is 0.809. The van der Waals surface area contributed by atoms with Crippen molar-refractivity contribution in [2.75, 3.05) is 24.0 Å². The van der Waals surface area contributed by atoms with Gasteiger partial charge in [0.15, 0.2) is 0 Å². The Labute approximate surface area is 167 Å². The Kier molecular flexibility index (Phi) is 8.02. The van der Waals surface area contributed by atoms with Gasteiger partial charge in [-0.2, -0.15) is 0 Å². The first-order valence-corrected chi connectivity index (χ1v) is 10.8. The zero-order valence-electron chi connectivity index (χ0n) is 16.6. The van der Waals surface area contributed by atoms with E-state index in [1.165, 1.54) is 0 Å². The molecule has 0 aliphatic carbocycles. The third kappa shape index (κ3) is 6.35. The Bertz CT molecular complexity index is 850. The highest BCUT2D eigenvalue weighted by Gasteiger charge is 2.26. The second-order valence-electron chi connectivity index (χ2n) is 6.78. The van der Waals surface area contributed by atoms with Gasteiger partial charge in [-0.15, -0.1) is 0 Å². The smallest absolute Gasteiger partial charge is 0.264 e. The van der Waals surface area contributed by atoms with E-state index in [9.17, 15) is 13.2 Å². The van der Waals surface area contributed by atoms with Crippen molar-refractivity contribution in [1.29, 1.82) is 0 Å². The van der Waals surface area contributed by atoms with Gasteiger partial charge in [-0.25, -0.2) is 8.42 Å². The molecule has 28 heavy (non-hydrogen) atoms. The quantitative estimate of drug-likeness (QED) is 0.618. The fraction of sp³-hybridized carbons (Fsp3) is 0.381. The molecule has 7 heteroatoms. The number of rotatable bonds is 10. The molecule has 2 aromatic carbocycles. The highest BCUT2D eigenvalue weighted by molar-refractivity contribution is 7.92. The van der Waals surface area contributed by atoms with Crippen LogP contribution in [0.15, 0.2) is 59.5 Å². The van der Waals surface area contributed by atoms with Crippen LogP contribution in [0.25, 0.3) is 0 Å². The molecule has 0 unspecified atom stereocenters. The van der Waals surface area contributed by atoms with Crippen molar-refractivity contribution in [1.82, 2.24) is 5.32 Å². The Hall–Kier alpha value is -2.38. The van der Waals surface area contributed by atoms with Crippen molar-refractivity contribution in [2.45, 2.75) is 38.2 Å². The molecule has 2 rings (SSSR count). The highest BCUT2D eigenvalue weighted by atomic mass is 32.2. The van der Waals surface area contributed by atoms with Gasteiger partial charge in [0.05, 0.1) is 16.7 Å². The third-order valence-corrected chi connectivity index (χ3v) is 5.82. The first kappa shape index (κ1) is 21.9. The Morgan fingerprint density at radius 3 is 2.32 bits per heavy atom. The van der Waals surface area contributed by atoms with Crippen LogP contribution in [0.1, 0.15) is 25.8 Å². The Balaban J connectivity index is 2.12. The summed E-state index contributed by atoms with van der Waals surface area (Å²) in [7, 11) is -3.86. The molecule has 0 atom stereocenters. The minimum atomic E-state index is -3.86. The van der Waals surface area contributed by atoms with Crippen LogP contribution < -0.4 is 9.62 Å². The topological polar surface area (TPSA) is 75.7 Å². The molecule has 6 nitrogen and oxygen atoms in total. The second kappa shape index (κ2) is 10.2. The van der Waals surface area contributed by atoms with Crippen molar-refractivity contribution < 1.29 is 17.9 Å². The van der Waals surface area contributed by atoms with Crippen LogP contribution in [0.5, 0.6) is 0 Å². The van der Waals surface area contributed by atoms with Crippen LogP contribution in [-0.4, -0.2) is 40.1 Å². The molecule has 1 N–H and O–H groups in total. The van der Waals surface area contributed by atoms with Crippen LogP contribution in [0.3, 0.4) is 0 Å². The zero-order valence-corrected chi connectivity index (χ0v) is 17.4. The number of nitrogens with zero attached hydrogens (tertiary/aromatic N) is 1. The van der Waals surface area contributed by atoms with Crippen molar-refractivity contribution in [2.24, 2.45) is 0 Å². The summed E-state index contributed by atoms with van der Waals surface area (Å²) >= 11 is 0. The van der Waals surface area contributed by atoms with Crippen LogP contribution in [0.4, 0.5) is 5.69 Å². The van der Waals surface area contributed by atoms with Crippen LogP contribution in [0, 0.1) is 6.92 Å². The number of benzene rings is 2. The van der Waals surface area contributed by atoms with Crippen molar-refractivity contribution >= 4 is 21.6 Å².